The first-order valence-corrected chi connectivity index (χ1v) is 7.25. The molecule has 0 saturated carbocycles. The average molecular weight is 262 g/mol. The maximum Gasteiger partial charge on any atom is 0.122 e. The van der Waals surface area contributed by atoms with Gasteiger partial charge in [-0.1, -0.05) is 24.6 Å². The molecule has 0 spiro atoms. The van der Waals surface area contributed by atoms with Gasteiger partial charge in [-0.25, -0.2) is 0 Å². The first-order valence-electron chi connectivity index (χ1n) is 7.25. The summed E-state index contributed by atoms with van der Waals surface area (Å²) in [4.78, 5) is 2.46. The zero-order valence-electron chi connectivity index (χ0n) is 12.2. The van der Waals surface area contributed by atoms with Crippen molar-refractivity contribution < 1.29 is 4.74 Å². The van der Waals surface area contributed by atoms with Crippen molar-refractivity contribution in [1.82, 2.24) is 4.90 Å². The maximum atomic E-state index is 6.09. The van der Waals surface area contributed by atoms with Gasteiger partial charge in [0.15, 0.2) is 0 Å². The average Bonchev–Trinajstić information content (AvgIpc) is 2.47. The molecular weight excluding hydrogens is 236 g/mol. The Labute approximate surface area is 116 Å². The van der Waals surface area contributed by atoms with E-state index >= 15 is 0 Å². The molecule has 0 radical (unpaired) electrons. The Morgan fingerprint density at radius 2 is 2.11 bits per heavy atom. The van der Waals surface area contributed by atoms with Gasteiger partial charge in [0.1, 0.15) is 5.75 Å². The standard InChI is InChI=1S/C16H26N2O/c1-18-12-6-5-10-16(18,13-17)11-9-14-7-3-4-8-15(14)19-2/h3-4,7-8H,5-6,9-13,17H2,1-2H3. The highest BCUT2D eigenvalue weighted by Gasteiger charge is 2.34. The Morgan fingerprint density at radius 3 is 2.79 bits per heavy atom. The smallest absolute Gasteiger partial charge is 0.122 e. The van der Waals surface area contributed by atoms with Crippen LogP contribution in [0.15, 0.2) is 24.3 Å². The Hall–Kier alpha value is -1.06. The van der Waals surface area contributed by atoms with Crippen LogP contribution in [0.2, 0.25) is 0 Å². The van der Waals surface area contributed by atoms with Crippen molar-refractivity contribution in [3.05, 3.63) is 29.8 Å². The van der Waals surface area contributed by atoms with Crippen molar-refractivity contribution in [1.29, 1.82) is 0 Å². The molecule has 2 N–H and O–H groups in total. The summed E-state index contributed by atoms with van der Waals surface area (Å²) in [7, 11) is 3.96. The van der Waals surface area contributed by atoms with Gasteiger partial charge in [-0.05, 0) is 50.9 Å². The molecule has 1 fully saturated rings. The molecule has 1 unspecified atom stereocenters. The number of aryl methyl sites for hydroxylation is 1. The van der Waals surface area contributed by atoms with Crippen molar-refractivity contribution in [2.75, 3.05) is 27.2 Å². The topological polar surface area (TPSA) is 38.5 Å². The second-order valence-electron chi connectivity index (χ2n) is 5.62. The van der Waals surface area contributed by atoms with Gasteiger partial charge in [-0.2, -0.15) is 0 Å². The van der Waals surface area contributed by atoms with Gasteiger partial charge in [0.2, 0.25) is 0 Å². The molecule has 1 atom stereocenters. The lowest BCUT2D eigenvalue weighted by Gasteiger charge is -2.45. The Balaban J connectivity index is 2.07. The quantitative estimate of drug-likeness (QED) is 0.886. The fraction of sp³-hybridized carbons (Fsp3) is 0.625. The minimum Gasteiger partial charge on any atom is -0.496 e. The van der Waals surface area contributed by atoms with E-state index in [1.54, 1.807) is 7.11 Å². The van der Waals surface area contributed by atoms with Crippen LogP contribution in [0.3, 0.4) is 0 Å². The molecule has 2 rings (SSSR count). The summed E-state index contributed by atoms with van der Waals surface area (Å²) in [6.07, 6.45) is 5.96. The number of hydrogen-bond acceptors (Lipinski definition) is 3. The van der Waals surface area contributed by atoms with Gasteiger partial charge in [-0.3, -0.25) is 4.90 Å². The lowest BCUT2D eigenvalue weighted by atomic mass is 9.82. The summed E-state index contributed by atoms with van der Waals surface area (Å²) < 4.78 is 5.43. The van der Waals surface area contributed by atoms with Crippen molar-refractivity contribution in [2.24, 2.45) is 5.73 Å². The van der Waals surface area contributed by atoms with Gasteiger partial charge < -0.3 is 10.5 Å². The van der Waals surface area contributed by atoms with Gasteiger partial charge in [0, 0.05) is 12.1 Å². The highest BCUT2D eigenvalue weighted by molar-refractivity contribution is 5.33. The lowest BCUT2D eigenvalue weighted by Crippen LogP contribution is -2.54. The summed E-state index contributed by atoms with van der Waals surface area (Å²) in [5.74, 6) is 0.994. The molecule has 3 heteroatoms. The minimum absolute atomic E-state index is 0.180. The van der Waals surface area contributed by atoms with Crippen molar-refractivity contribution >= 4 is 0 Å². The van der Waals surface area contributed by atoms with Crippen LogP contribution in [-0.2, 0) is 6.42 Å². The van der Waals surface area contributed by atoms with E-state index in [9.17, 15) is 0 Å². The number of benzene rings is 1. The molecule has 0 amide bonds. The summed E-state index contributed by atoms with van der Waals surface area (Å²) in [6.45, 7) is 1.92. The molecular formula is C16H26N2O. The molecule has 1 aromatic rings. The Kier molecular flexibility index (Phi) is 4.83. The number of ether oxygens (including phenoxy) is 1. The summed E-state index contributed by atoms with van der Waals surface area (Å²) in [6, 6.07) is 8.30. The zero-order chi connectivity index (χ0) is 13.7. The second kappa shape index (κ2) is 6.40. The van der Waals surface area contributed by atoms with Gasteiger partial charge in [0.05, 0.1) is 7.11 Å². The largest absolute Gasteiger partial charge is 0.496 e. The van der Waals surface area contributed by atoms with Crippen molar-refractivity contribution in [3.63, 3.8) is 0 Å². The van der Waals surface area contributed by atoms with E-state index in [0.717, 1.165) is 25.1 Å². The predicted molar refractivity (Wildman–Crippen MR) is 79.6 cm³/mol. The fourth-order valence-electron chi connectivity index (χ4n) is 3.18. The number of nitrogens with zero attached hydrogens (tertiary/aromatic N) is 1. The normalized spacial score (nSPS) is 24.4. The highest BCUT2D eigenvalue weighted by atomic mass is 16.5. The van der Waals surface area contributed by atoms with Crippen LogP contribution < -0.4 is 10.5 Å². The molecule has 19 heavy (non-hydrogen) atoms. The van der Waals surface area contributed by atoms with Crippen molar-refractivity contribution in [3.8, 4) is 5.75 Å². The first-order chi connectivity index (χ1) is 9.22. The molecule has 0 aromatic heterocycles. The molecule has 1 saturated heterocycles. The third-order valence-electron chi connectivity index (χ3n) is 4.63. The zero-order valence-corrected chi connectivity index (χ0v) is 12.2. The fourth-order valence-corrected chi connectivity index (χ4v) is 3.18. The minimum atomic E-state index is 0.180. The number of para-hydroxylation sites is 1. The number of rotatable bonds is 5. The third-order valence-corrected chi connectivity index (χ3v) is 4.63. The molecule has 1 aliphatic rings. The number of likely N-dealkylation sites (N-methyl/N-ethyl adjacent to an activating group) is 1. The van der Waals surface area contributed by atoms with E-state index in [0.29, 0.717) is 0 Å². The number of piperidine rings is 1. The highest BCUT2D eigenvalue weighted by Crippen LogP contribution is 2.31. The monoisotopic (exact) mass is 262 g/mol. The van der Waals surface area contributed by atoms with Crippen LogP contribution in [0, 0.1) is 0 Å². The number of methoxy groups -OCH3 is 1. The van der Waals surface area contributed by atoms with Gasteiger partial charge >= 0.3 is 0 Å². The van der Waals surface area contributed by atoms with E-state index in [4.69, 9.17) is 10.5 Å². The molecule has 0 aliphatic carbocycles. The van der Waals surface area contributed by atoms with Crippen LogP contribution in [0.4, 0.5) is 0 Å². The van der Waals surface area contributed by atoms with Crippen molar-refractivity contribution in [2.45, 2.75) is 37.6 Å². The van der Waals surface area contributed by atoms with E-state index in [1.807, 2.05) is 12.1 Å². The molecule has 1 aliphatic heterocycles. The lowest BCUT2D eigenvalue weighted by molar-refractivity contribution is 0.0720. The predicted octanol–water partition coefficient (Wildman–Crippen LogP) is 2.44. The van der Waals surface area contributed by atoms with E-state index in [2.05, 4.69) is 24.1 Å². The summed E-state index contributed by atoms with van der Waals surface area (Å²) in [5, 5.41) is 0. The summed E-state index contributed by atoms with van der Waals surface area (Å²) in [5.41, 5.74) is 7.56. The maximum absolute atomic E-state index is 6.09. The molecule has 0 bridgehead atoms. The van der Waals surface area contributed by atoms with Crippen LogP contribution in [-0.4, -0.2) is 37.7 Å². The number of hydrogen-bond donors (Lipinski definition) is 1. The third kappa shape index (κ3) is 3.10. The van der Waals surface area contributed by atoms with E-state index < -0.39 is 0 Å². The summed E-state index contributed by atoms with van der Waals surface area (Å²) >= 11 is 0. The van der Waals surface area contributed by atoms with Crippen LogP contribution in [0.25, 0.3) is 0 Å². The van der Waals surface area contributed by atoms with Crippen LogP contribution in [0.5, 0.6) is 5.75 Å². The van der Waals surface area contributed by atoms with Gasteiger partial charge in [0.25, 0.3) is 0 Å². The van der Waals surface area contributed by atoms with E-state index in [-0.39, 0.29) is 5.54 Å². The second-order valence-corrected chi connectivity index (χ2v) is 5.62. The first kappa shape index (κ1) is 14.4. The van der Waals surface area contributed by atoms with Crippen LogP contribution >= 0.6 is 0 Å². The van der Waals surface area contributed by atoms with E-state index in [1.165, 1.54) is 31.4 Å². The Bertz CT molecular complexity index is 407. The number of likely N-dealkylation sites (tertiary alicyclic amines) is 1. The molecule has 1 aromatic carbocycles. The van der Waals surface area contributed by atoms with Gasteiger partial charge in [-0.15, -0.1) is 0 Å². The SMILES string of the molecule is COc1ccccc1CCC1(CN)CCCCN1C. The number of nitrogens with two attached hydrogens (primary N) is 1. The Morgan fingerprint density at radius 1 is 1.32 bits per heavy atom. The van der Waals surface area contributed by atoms with Crippen LogP contribution in [0.1, 0.15) is 31.2 Å². The molecule has 106 valence electrons. The molecule has 1 heterocycles. The molecule has 3 nitrogen and oxygen atoms in total.